The predicted octanol–water partition coefficient (Wildman–Crippen LogP) is 2.43. The standard InChI is InChI=1S/C12H18ClN3/c1-16-6-4-10(5-7-16)15-12-3-2-9(14)8-11(12)13/h2-3,8,10,15H,4-7,14H2,1H3. The third-order valence-corrected chi connectivity index (χ3v) is 3.38. The van der Waals surface area contributed by atoms with Crippen LogP contribution in [0.5, 0.6) is 0 Å². The molecule has 88 valence electrons. The van der Waals surface area contributed by atoms with Crippen LogP contribution in [0.3, 0.4) is 0 Å². The molecule has 0 saturated carbocycles. The first kappa shape index (κ1) is 11.6. The summed E-state index contributed by atoms with van der Waals surface area (Å²) in [4.78, 5) is 2.35. The minimum atomic E-state index is 0.525. The monoisotopic (exact) mass is 239 g/mol. The molecule has 2 rings (SSSR count). The molecule has 3 nitrogen and oxygen atoms in total. The fourth-order valence-corrected chi connectivity index (χ4v) is 2.26. The first-order chi connectivity index (χ1) is 7.65. The van der Waals surface area contributed by atoms with Gasteiger partial charge in [0.2, 0.25) is 0 Å². The van der Waals surface area contributed by atoms with E-state index < -0.39 is 0 Å². The van der Waals surface area contributed by atoms with Crippen LogP contribution in [0.1, 0.15) is 12.8 Å². The third kappa shape index (κ3) is 2.80. The van der Waals surface area contributed by atoms with Crippen LogP contribution in [0.25, 0.3) is 0 Å². The number of nitrogens with one attached hydrogen (secondary N) is 1. The van der Waals surface area contributed by atoms with Crippen LogP contribution in [-0.4, -0.2) is 31.1 Å². The number of nitrogens with zero attached hydrogens (tertiary/aromatic N) is 1. The zero-order chi connectivity index (χ0) is 11.5. The molecule has 0 aromatic heterocycles. The summed E-state index contributed by atoms with van der Waals surface area (Å²) in [5, 5.41) is 4.19. The van der Waals surface area contributed by atoms with Crippen molar-refractivity contribution in [1.29, 1.82) is 0 Å². The highest BCUT2D eigenvalue weighted by Crippen LogP contribution is 2.26. The van der Waals surface area contributed by atoms with E-state index in [1.807, 2.05) is 12.1 Å². The summed E-state index contributed by atoms with van der Waals surface area (Å²) < 4.78 is 0. The number of piperidine rings is 1. The van der Waals surface area contributed by atoms with Gasteiger partial charge in [-0.25, -0.2) is 0 Å². The van der Waals surface area contributed by atoms with Gasteiger partial charge in [0.15, 0.2) is 0 Å². The van der Waals surface area contributed by atoms with Gasteiger partial charge in [0, 0.05) is 11.7 Å². The Kier molecular flexibility index (Phi) is 3.56. The Morgan fingerprint density at radius 1 is 1.38 bits per heavy atom. The van der Waals surface area contributed by atoms with Crippen LogP contribution in [0.2, 0.25) is 5.02 Å². The van der Waals surface area contributed by atoms with Crippen molar-refractivity contribution in [1.82, 2.24) is 4.90 Å². The number of likely N-dealkylation sites (tertiary alicyclic amines) is 1. The Balaban J connectivity index is 1.98. The molecule has 4 heteroatoms. The van der Waals surface area contributed by atoms with Gasteiger partial charge >= 0.3 is 0 Å². The maximum atomic E-state index is 6.12. The Hall–Kier alpha value is -0.930. The van der Waals surface area contributed by atoms with Gasteiger partial charge in [-0.05, 0) is 51.2 Å². The van der Waals surface area contributed by atoms with Gasteiger partial charge < -0.3 is 16.0 Å². The lowest BCUT2D eigenvalue weighted by atomic mass is 10.1. The molecule has 1 aliphatic rings. The molecule has 0 bridgehead atoms. The Morgan fingerprint density at radius 2 is 2.06 bits per heavy atom. The summed E-state index contributed by atoms with van der Waals surface area (Å²) in [6.45, 7) is 2.29. The summed E-state index contributed by atoms with van der Waals surface area (Å²) in [6.07, 6.45) is 2.33. The van der Waals surface area contributed by atoms with Crippen LogP contribution in [0, 0.1) is 0 Å². The van der Waals surface area contributed by atoms with Crippen molar-refractivity contribution in [2.45, 2.75) is 18.9 Å². The molecule has 0 atom stereocenters. The molecule has 1 saturated heterocycles. The van der Waals surface area contributed by atoms with E-state index >= 15 is 0 Å². The molecule has 1 aromatic rings. The van der Waals surface area contributed by atoms with E-state index in [4.69, 9.17) is 17.3 Å². The van der Waals surface area contributed by atoms with Crippen molar-refractivity contribution in [3.63, 3.8) is 0 Å². The fourth-order valence-electron chi connectivity index (χ4n) is 2.02. The summed E-state index contributed by atoms with van der Waals surface area (Å²) in [7, 11) is 2.16. The lowest BCUT2D eigenvalue weighted by Crippen LogP contribution is -2.36. The normalized spacial score (nSPS) is 18.6. The van der Waals surface area contributed by atoms with Crippen molar-refractivity contribution in [2.24, 2.45) is 0 Å². The second-order valence-electron chi connectivity index (χ2n) is 4.46. The largest absolute Gasteiger partial charge is 0.399 e. The summed E-state index contributed by atoms with van der Waals surface area (Å²) in [5.41, 5.74) is 7.36. The molecule has 0 radical (unpaired) electrons. The Labute approximate surface area is 102 Å². The van der Waals surface area contributed by atoms with Gasteiger partial charge in [-0.3, -0.25) is 0 Å². The Morgan fingerprint density at radius 3 is 2.69 bits per heavy atom. The third-order valence-electron chi connectivity index (χ3n) is 3.07. The second-order valence-corrected chi connectivity index (χ2v) is 4.87. The summed E-state index contributed by atoms with van der Waals surface area (Å²) >= 11 is 6.12. The molecule has 3 N–H and O–H groups in total. The number of halogens is 1. The molecular formula is C12H18ClN3. The van der Waals surface area contributed by atoms with Gasteiger partial charge in [-0.1, -0.05) is 11.6 Å². The van der Waals surface area contributed by atoms with Crippen LogP contribution >= 0.6 is 11.6 Å². The average molecular weight is 240 g/mol. The molecule has 1 fully saturated rings. The van der Waals surface area contributed by atoms with E-state index in [2.05, 4.69) is 17.3 Å². The van der Waals surface area contributed by atoms with Gasteiger partial charge in [-0.15, -0.1) is 0 Å². The molecule has 1 heterocycles. The van der Waals surface area contributed by atoms with E-state index in [1.165, 1.54) is 0 Å². The van der Waals surface area contributed by atoms with Crippen LogP contribution in [-0.2, 0) is 0 Å². The van der Waals surface area contributed by atoms with Crippen LogP contribution in [0.15, 0.2) is 18.2 Å². The predicted molar refractivity (Wildman–Crippen MR) is 70.0 cm³/mol. The van der Waals surface area contributed by atoms with Crippen molar-refractivity contribution in [3.05, 3.63) is 23.2 Å². The lowest BCUT2D eigenvalue weighted by Gasteiger charge is -2.30. The van der Waals surface area contributed by atoms with Gasteiger partial charge in [0.25, 0.3) is 0 Å². The molecule has 1 aliphatic heterocycles. The minimum Gasteiger partial charge on any atom is -0.399 e. The molecule has 0 aliphatic carbocycles. The fraction of sp³-hybridized carbons (Fsp3) is 0.500. The summed E-state index contributed by atoms with van der Waals surface area (Å²) in [5.74, 6) is 0. The quantitative estimate of drug-likeness (QED) is 0.779. The smallest absolute Gasteiger partial charge is 0.0658 e. The number of nitrogens with two attached hydrogens (primary N) is 1. The zero-order valence-corrected chi connectivity index (χ0v) is 10.3. The summed E-state index contributed by atoms with van der Waals surface area (Å²) in [6, 6.07) is 6.15. The molecular weight excluding hydrogens is 222 g/mol. The van der Waals surface area contributed by atoms with Crippen molar-refractivity contribution in [2.75, 3.05) is 31.2 Å². The molecule has 0 spiro atoms. The van der Waals surface area contributed by atoms with Crippen LogP contribution in [0.4, 0.5) is 11.4 Å². The van der Waals surface area contributed by atoms with Crippen molar-refractivity contribution < 1.29 is 0 Å². The van der Waals surface area contributed by atoms with E-state index in [0.29, 0.717) is 16.8 Å². The number of hydrogen-bond acceptors (Lipinski definition) is 3. The molecule has 1 aromatic carbocycles. The SMILES string of the molecule is CN1CCC(Nc2ccc(N)cc2Cl)CC1. The highest BCUT2D eigenvalue weighted by molar-refractivity contribution is 6.33. The Bertz CT molecular complexity index is 359. The molecule has 16 heavy (non-hydrogen) atoms. The highest BCUT2D eigenvalue weighted by atomic mass is 35.5. The second kappa shape index (κ2) is 4.93. The maximum Gasteiger partial charge on any atom is 0.0658 e. The van der Waals surface area contributed by atoms with Crippen molar-refractivity contribution >= 4 is 23.0 Å². The first-order valence-electron chi connectivity index (χ1n) is 5.65. The van der Waals surface area contributed by atoms with E-state index in [9.17, 15) is 0 Å². The van der Waals surface area contributed by atoms with E-state index in [-0.39, 0.29) is 0 Å². The topological polar surface area (TPSA) is 41.3 Å². The average Bonchev–Trinajstić information content (AvgIpc) is 2.25. The maximum absolute atomic E-state index is 6.12. The first-order valence-corrected chi connectivity index (χ1v) is 6.03. The number of anilines is 2. The molecule has 0 unspecified atom stereocenters. The van der Waals surface area contributed by atoms with Crippen LogP contribution < -0.4 is 11.1 Å². The highest BCUT2D eigenvalue weighted by Gasteiger charge is 2.16. The molecule has 0 amide bonds. The number of nitrogen functional groups attached to an aromatic ring is 1. The van der Waals surface area contributed by atoms with Gasteiger partial charge in [-0.2, -0.15) is 0 Å². The number of hydrogen-bond donors (Lipinski definition) is 2. The van der Waals surface area contributed by atoms with E-state index in [0.717, 1.165) is 31.6 Å². The van der Waals surface area contributed by atoms with Gasteiger partial charge in [0.1, 0.15) is 0 Å². The zero-order valence-electron chi connectivity index (χ0n) is 9.54. The van der Waals surface area contributed by atoms with E-state index in [1.54, 1.807) is 6.07 Å². The van der Waals surface area contributed by atoms with Gasteiger partial charge in [0.05, 0.1) is 10.7 Å². The number of rotatable bonds is 2. The number of benzene rings is 1. The minimum absolute atomic E-state index is 0.525. The van der Waals surface area contributed by atoms with Crippen molar-refractivity contribution in [3.8, 4) is 0 Å². The lowest BCUT2D eigenvalue weighted by molar-refractivity contribution is 0.264.